The van der Waals surface area contributed by atoms with Crippen LogP contribution in [0.4, 0.5) is 0 Å². The van der Waals surface area contributed by atoms with Gasteiger partial charge >= 0.3 is 0 Å². The molecule has 3 nitrogen and oxygen atoms in total. The normalized spacial score (nSPS) is 11.2. The van der Waals surface area contributed by atoms with Crippen molar-refractivity contribution in [2.75, 3.05) is 6.61 Å². The van der Waals surface area contributed by atoms with Gasteiger partial charge in [0.15, 0.2) is 0 Å². The fraction of sp³-hybridized carbons (Fsp3) is 0.667. The van der Waals surface area contributed by atoms with Crippen molar-refractivity contribution < 1.29 is 15.5 Å². The first kappa shape index (κ1) is 22.7. The Balaban J connectivity index is -0.00000161. The highest BCUT2D eigenvalue weighted by atomic mass is 32.2. The van der Waals surface area contributed by atoms with Crippen LogP contribution in [0.5, 0.6) is 0 Å². The smallest absolute Gasteiger partial charge is 0.266 e. The molecule has 0 bridgehead atoms. The standard InChI is InChI=1S/C18H30O3S.Al.2H2/c1-2-3-4-5-6-7-8-9-10-14-17-21-22(19,20)18-15-12-11-13-16-18;;;/h11-13,15-16H,2-10,14,17H2,1H3;;2*1H. The minimum absolute atomic E-state index is 0. The van der Waals surface area contributed by atoms with Crippen LogP contribution in [0.3, 0.4) is 0 Å². The molecule has 0 fully saturated rings. The summed E-state index contributed by atoms with van der Waals surface area (Å²) < 4.78 is 28.8. The molecule has 0 spiro atoms. The molecule has 1 aromatic rings. The quantitative estimate of drug-likeness (QED) is 0.269. The predicted octanol–water partition coefficient (Wildman–Crippen LogP) is 5.42. The Morgan fingerprint density at radius 2 is 1.30 bits per heavy atom. The highest BCUT2D eigenvalue weighted by Gasteiger charge is 2.13. The van der Waals surface area contributed by atoms with Gasteiger partial charge in [-0.25, -0.2) is 0 Å². The summed E-state index contributed by atoms with van der Waals surface area (Å²) in [5.74, 6) is 0. The van der Waals surface area contributed by atoms with Crippen molar-refractivity contribution in [1.29, 1.82) is 0 Å². The maximum atomic E-state index is 11.9. The van der Waals surface area contributed by atoms with E-state index >= 15 is 0 Å². The first-order chi connectivity index (χ1) is 10.7. The van der Waals surface area contributed by atoms with E-state index in [0.717, 1.165) is 12.8 Å². The van der Waals surface area contributed by atoms with Crippen LogP contribution < -0.4 is 0 Å². The lowest BCUT2D eigenvalue weighted by molar-refractivity contribution is 0.306. The molecular weight excluding hydrogens is 323 g/mol. The molecule has 0 heterocycles. The summed E-state index contributed by atoms with van der Waals surface area (Å²) in [5.41, 5.74) is 0. The van der Waals surface area contributed by atoms with Crippen LogP contribution in [-0.2, 0) is 14.3 Å². The monoisotopic (exact) mass is 357 g/mol. The number of benzene rings is 1. The van der Waals surface area contributed by atoms with Gasteiger partial charge in [0.05, 0.1) is 11.5 Å². The third-order valence-corrected chi connectivity index (χ3v) is 5.09. The van der Waals surface area contributed by atoms with Crippen LogP contribution >= 0.6 is 0 Å². The van der Waals surface area contributed by atoms with Gasteiger partial charge in [-0.05, 0) is 18.6 Å². The second-order valence-electron chi connectivity index (χ2n) is 5.77. The third-order valence-electron chi connectivity index (χ3n) is 3.77. The van der Waals surface area contributed by atoms with Gasteiger partial charge in [0.25, 0.3) is 10.1 Å². The lowest BCUT2D eigenvalue weighted by Crippen LogP contribution is -2.07. The van der Waals surface area contributed by atoms with Gasteiger partial charge in [-0.2, -0.15) is 8.42 Å². The molecule has 5 heteroatoms. The summed E-state index contributed by atoms with van der Waals surface area (Å²) >= 11 is 0. The summed E-state index contributed by atoms with van der Waals surface area (Å²) in [4.78, 5) is 0.238. The zero-order chi connectivity index (χ0) is 16.1. The minimum Gasteiger partial charge on any atom is -0.266 e. The molecule has 133 valence electrons. The zero-order valence-electron chi connectivity index (χ0n) is 14.4. The summed E-state index contributed by atoms with van der Waals surface area (Å²) in [6.07, 6.45) is 12.3. The van der Waals surface area contributed by atoms with E-state index in [1.165, 1.54) is 51.4 Å². The molecule has 23 heavy (non-hydrogen) atoms. The van der Waals surface area contributed by atoms with Crippen LogP contribution in [-0.4, -0.2) is 32.4 Å². The molecule has 0 N–H and O–H groups in total. The molecule has 0 saturated heterocycles. The van der Waals surface area contributed by atoms with Gasteiger partial charge in [0.2, 0.25) is 0 Å². The van der Waals surface area contributed by atoms with Crippen molar-refractivity contribution >= 4 is 27.5 Å². The Bertz CT molecular complexity index is 484. The van der Waals surface area contributed by atoms with E-state index < -0.39 is 10.1 Å². The van der Waals surface area contributed by atoms with Crippen molar-refractivity contribution in [2.45, 2.75) is 76.0 Å². The van der Waals surface area contributed by atoms with E-state index in [-0.39, 0.29) is 31.7 Å². The molecule has 1 aromatic carbocycles. The number of rotatable bonds is 13. The van der Waals surface area contributed by atoms with E-state index in [1.807, 2.05) is 0 Å². The molecule has 0 aliphatic rings. The molecule has 0 aliphatic heterocycles. The summed E-state index contributed by atoms with van der Waals surface area (Å²) in [6, 6.07) is 8.33. The fourth-order valence-corrected chi connectivity index (χ4v) is 3.38. The van der Waals surface area contributed by atoms with Gasteiger partial charge in [0, 0.05) is 20.2 Å². The first-order valence-corrected chi connectivity index (χ1v) is 10.0. The van der Waals surface area contributed by atoms with Gasteiger partial charge in [0.1, 0.15) is 0 Å². The molecule has 0 atom stereocenters. The van der Waals surface area contributed by atoms with Crippen LogP contribution in [0, 0.1) is 0 Å². The Morgan fingerprint density at radius 3 is 1.83 bits per heavy atom. The Morgan fingerprint density at radius 1 is 0.826 bits per heavy atom. The molecule has 3 radical (unpaired) electrons. The lowest BCUT2D eigenvalue weighted by Gasteiger charge is -2.05. The second-order valence-corrected chi connectivity index (χ2v) is 7.39. The van der Waals surface area contributed by atoms with Gasteiger partial charge in [-0.1, -0.05) is 82.9 Å². The Hall–Kier alpha value is -0.338. The molecule has 0 aliphatic carbocycles. The molecule has 0 saturated carbocycles. The van der Waals surface area contributed by atoms with Crippen LogP contribution in [0.2, 0.25) is 0 Å². The molecule has 1 rings (SSSR count). The summed E-state index contributed by atoms with van der Waals surface area (Å²) in [7, 11) is -3.57. The van der Waals surface area contributed by atoms with Crippen molar-refractivity contribution in [3.63, 3.8) is 0 Å². The van der Waals surface area contributed by atoms with Crippen LogP contribution in [0.1, 0.15) is 74.0 Å². The van der Waals surface area contributed by atoms with Crippen LogP contribution in [0.15, 0.2) is 35.2 Å². The van der Waals surface area contributed by atoms with Crippen molar-refractivity contribution in [2.24, 2.45) is 0 Å². The number of unbranched alkanes of at least 4 members (excludes halogenated alkanes) is 9. The highest BCUT2D eigenvalue weighted by molar-refractivity contribution is 7.86. The lowest BCUT2D eigenvalue weighted by atomic mass is 10.1. The van der Waals surface area contributed by atoms with Gasteiger partial charge in [-0.3, -0.25) is 4.18 Å². The minimum atomic E-state index is -3.57. The van der Waals surface area contributed by atoms with Crippen LogP contribution in [0.25, 0.3) is 0 Å². The SMILES string of the molecule is CCCCCCCCCCCCOS(=O)(=O)c1ccccc1.[Al].[HH].[HH]. The third kappa shape index (κ3) is 10.9. The summed E-state index contributed by atoms with van der Waals surface area (Å²) in [5, 5.41) is 0. The molecule has 0 aromatic heterocycles. The van der Waals surface area contributed by atoms with Crippen molar-refractivity contribution in [3.05, 3.63) is 30.3 Å². The number of hydrogen-bond acceptors (Lipinski definition) is 3. The van der Waals surface area contributed by atoms with E-state index in [0.29, 0.717) is 0 Å². The van der Waals surface area contributed by atoms with E-state index in [4.69, 9.17) is 4.18 Å². The topological polar surface area (TPSA) is 43.4 Å². The number of hydrogen-bond donors (Lipinski definition) is 0. The van der Waals surface area contributed by atoms with Gasteiger partial charge < -0.3 is 0 Å². The second kappa shape index (κ2) is 14.0. The van der Waals surface area contributed by atoms with E-state index in [2.05, 4.69) is 6.92 Å². The average Bonchev–Trinajstić information content (AvgIpc) is 2.53. The van der Waals surface area contributed by atoms with Gasteiger partial charge in [-0.15, -0.1) is 0 Å². The Kier molecular flexibility index (Phi) is 13.8. The molecular formula is C18H34AlO3S. The highest BCUT2D eigenvalue weighted by Crippen LogP contribution is 2.13. The van der Waals surface area contributed by atoms with E-state index in [1.54, 1.807) is 30.3 Å². The summed E-state index contributed by atoms with van der Waals surface area (Å²) in [6.45, 7) is 2.52. The first-order valence-electron chi connectivity index (χ1n) is 8.61. The zero-order valence-corrected chi connectivity index (χ0v) is 16.3. The average molecular weight is 358 g/mol. The Labute approximate surface area is 156 Å². The predicted molar refractivity (Wildman–Crippen MR) is 101 cm³/mol. The largest absolute Gasteiger partial charge is 0.296 e. The molecule has 0 unspecified atom stereocenters. The van der Waals surface area contributed by atoms with E-state index in [9.17, 15) is 8.42 Å². The van der Waals surface area contributed by atoms with Crippen molar-refractivity contribution in [1.82, 2.24) is 0 Å². The van der Waals surface area contributed by atoms with Crippen molar-refractivity contribution in [3.8, 4) is 0 Å². The molecule has 0 amide bonds. The fourth-order valence-electron chi connectivity index (χ4n) is 2.41. The maximum absolute atomic E-state index is 11.9. The maximum Gasteiger partial charge on any atom is 0.296 e.